The number of carbonyl (C=O) groups excluding carboxylic acids is 2. The second-order valence-electron chi connectivity index (χ2n) is 7.26. The predicted octanol–water partition coefficient (Wildman–Crippen LogP) is 0.865. The molecule has 0 atom stereocenters. The Balaban J connectivity index is 1.43. The van der Waals surface area contributed by atoms with E-state index in [1.165, 1.54) is 0 Å². The summed E-state index contributed by atoms with van der Waals surface area (Å²) >= 11 is 0. The number of aryl methyl sites for hydroxylation is 1. The van der Waals surface area contributed by atoms with Gasteiger partial charge in [-0.3, -0.25) is 9.59 Å². The molecule has 0 radical (unpaired) electrons. The predicted molar refractivity (Wildman–Crippen MR) is 113 cm³/mol. The lowest BCUT2D eigenvalue weighted by Crippen LogP contribution is -3.15. The Hall–Kier alpha value is -3.37. The third-order valence-corrected chi connectivity index (χ3v) is 5.26. The van der Waals surface area contributed by atoms with Crippen molar-refractivity contribution in [3.05, 3.63) is 59.7 Å². The molecule has 1 fully saturated rings. The van der Waals surface area contributed by atoms with Crippen LogP contribution in [0.2, 0.25) is 0 Å². The number of benzene rings is 2. The van der Waals surface area contributed by atoms with Crippen LogP contribution in [0.3, 0.4) is 0 Å². The molecule has 7 heteroatoms. The van der Waals surface area contributed by atoms with Crippen LogP contribution >= 0.6 is 0 Å². The van der Waals surface area contributed by atoms with Gasteiger partial charge >= 0.3 is 0 Å². The molecule has 0 bridgehead atoms. The Morgan fingerprint density at radius 3 is 2.57 bits per heavy atom. The molecule has 2 aromatic rings. The lowest BCUT2D eigenvalue weighted by atomic mass is 10.1. The fraction of sp³-hybridized carbons (Fsp3) is 0.348. The number of nitriles is 1. The Morgan fingerprint density at radius 2 is 1.83 bits per heavy atom. The van der Waals surface area contributed by atoms with Crippen LogP contribution in [0.25, 0.3) is 0 Å². The highest BCUT2D eigenvalue weighted by Gasteiger charge is 2.25. The van der Waals surface area contributed by atoms with Gasteiger partial charge in [-0.2, -0.15) is 5.26 Å². The number of hydrogen-bond acceptors (Lipinski definition) is 4. The first-order valence-electron chi connectivity index (χ1n) is 10.2. The molecule has 1 aliphatic rings. The molecule has 0 spiro atoms. The molecule has 1 aliphatic heterocycles. The quantitative estimate of drug-likeness (QED) is 0.713. The van der Waals surface area contributed by atoms with E-state index >= 15 is 0 Å². The van der Waals surface area contributed by atoms with E-state index in [0.29, 0.717) is 44.0 Å². The van der Waals surface area contributed by atoms with Crippen LogP contribution in [0.15, 0.2) is 48.5 Å². The van der Waals surface area contributed by atoms with E-state index in [0.717, 1.165) is 22.6 Å². The number of quaternary nitrogens is 1. The van der Waals surface area contributed by atoms with Crippen molar-refractivity contribution >= 4 is 17.5 Å². The lowest BCUT2D eigenvalue weighted by molar-refractivity contribution is -0.895. The summed E-state index contributed by atoms with van der Waals surface area (Å²) in [6.45, 7) is 4.93. The smallest absolute Gasteiger partial charge is 0.279 e. The van der Waals surface area contributed by atoms with E-state index in [2.05, 4.69) is 18.3 Å². The topological polar surface area (TPSA) is 86.9 Å². The Labute approximate surface area is 176 Å². The van der Waals surface area contributed by atoms with E-state index in [-0.39, 0.29) is 18.4 Å². The van der Waals surface area contributed by atoms with Gasteiger partial charge in [-0.1, -0.05) is 37.3 Å². The zero-order chi connectivity index (χ0) is 21.3. The molecule has 2 aromatic carbocycles. The number of rotatable bonds is 7. The van der Waals surface area contributed by atoms with Crippen LogP contribution in [-0.2, 0) is 16.0 Å². The largest absolute Gasteiger partial charge is 0.482 e. The molecule has 30 heavy (non-hydrogen) atoms. The molecular formula is C23H27N4O3+. The summed E-state index contributed by atoms with van der Waals surface area (Å²) < 4.78 is 5.54. The van der Waals surface area contributed by atoms with Gasteiger partial charge in [0, 0.05) is 5.69 Å². The number of carbonyl (C=O) groups is 2. The van der Waals surface area contributed by atoms with E-state index in [4.69, 9.17) is 10.00 Å². The van der Waals surface area contributed by atoms with Gasteiger partial charge in [0.15, 0.2) is 13.2 Å². The first-order valence-corrected chi connectivity index (χ1v) is 10.2. The molecule has 7 nitrogen and oxygen atoms in total. The SMILES string of the molecule is CCc1ccccc1NC(=O)C[NH+]1CCN(C(=O)COc2ccccc2C#N)CC1. The maximum atomic E-state index is 12.4. The third-order valence-electron chi connectivity index (χ3n) is 5.26. The minimum absolute atomic E-state index is 0.0119. The van der Waals surface area contributed by atoms with Gasteiger partial charge in [-0.15, -0.1) is 0 Å². The minimum Gasteiger partial charge on any atom is -0.482 e. The highest BCUT2D eigenvalue weighted by atomic mass is 16.5. The van der Waals surface area contributed by atoms with Crippen molar-refractivity contribution in [3.63, 3.8) is 0 Å². The van der Waals surface area contributed by atoms with Gasteiger partial charge in [-0.25, -0.2) is 0 Å². The van der Waals surface area contributed by atoms with Crippen LogP contribution in [0, 0.1) is 11.3 Å². The number of hydrogen-bond donors (Lipinski definition) is 2. The van der Waals surface area contributed by atoms with Gasteiger partial charge in [0.1, 0.15) is 11.8 Å². The average Bonchev–Trinajstić information content (AvgIpc) is 2.78. The van der Waals surface area contributed by atoms with E-state index in [1.54, 1.807) is 29.2 Å². The maximum absolute atomic E-state index is 12.4. The zero-order valence-electron chi connectivity index (χ0n) is 17.2. The third kappa shape index (κ3) is 5.58. The number of para-hydroxylation sites is 2. The van der Waals surface area contributed by atoms with Gasteiger partial charge in [0.05, 0.1) is 31.7 Å². The first kappa shape index (κ1) is 21.3. The standard InChI is InChI=1S/C23H26N4O3/c1-2-18-7-3-5-9-20(18)25-22(28)16-26-11-13-27(14-12-26)23(29)17-30-21-10-6-4-8-19(21)15-24/h3-10H,2,11-14,16-17H2,1H3,(H,25,28)/p+1. The van der Waals surface area contributed by atoms with Crippen LogP contribution in [-0.4, -0.2) is 56.0 Å². The van der Waals surface area contributed by atoms with Crippen molar-refractivity contribution in [1.82, 2.24) is 4.90 Å². The number of amides is 2. The Morgan fingerprint density at radius 1 is 1.13 bits per heavy atom. The van der Waals surface area contributed by atoms with Crippen LogP contribution in [0.4, 0.5) is 5.69 Å². The second kappa shape index (κ2) is 10.4. The van der Waals surface area contributed by atoms with Gasteiger partial charge < -0.3 is 19.9 Å². The number of nitrogens with zero attached hydrogens (tertiary/aromatic N) is 2. The molecule has 0 unspecified atom stereocenters. The van der Waals surface area contributed by atoms with Crippen molar-refractivity contribution in [2.75, 3.05) is 44.6 Å². The van der Waals surface area contributed by atoms with Crippen LogP contribution in [0.1, 0.15) is 18.1 Å². The number of anilines is 1. The summed E-state index contributed by atoms with van der Waals surface area (Å²) in [4.78, 5) is 27.8. The highest BCUT2D eigenvalue weighted by molar-refractivity contribution is 5.92. The lowest BCUT2D eigenvalue weighted by Gasteiger charge is -2.31. The summed E-state index contributed by atoms with van der Waals surface area (Å²) in [7, 11) is 0. The molecule has 1 saturated heterocycles. The number of nitrogens with one attached hydrogen (secondary N) is 2. The second-order valence-corrected chi connectivity index (χ2v) is 7.26. The van der Waals surface area contributed by atoms with Crippen molar-refractivity contribution < 1.29 is 19.2 Å². The van der Waals surface area contributed by atoms with E-state index in [9.17, 15) is 9.59 Å². The fourth-order valence-electron chi connectivity index (χ4n) is 3.54. The highest BCUT2D eigenvalue weighted by Crippen LogP contribution is 2.16. The Kier molecular flexibility index (Phi) is 7.41. The molecule has 3 rings (SSSR count). The summed E-state index contributed by atoms with van der Waals surface area (Å²) in [6.07, 6.45) is 0.866. The summed E-state index contributed by atoms with van der Waals surface area (Å²) in [5, 5.41) is 12.1. The monoisotopic (exact) mass is 407 g/mol. The van der Waals surface area contributed by atoms with E-state index in [1.807, 2.05) is 24.3 Å². The summed E-state index contributed by atoms with van der Waals surface area (Å²) in [6, 6.07) is 16.8. The zero-order valence-corrected chi connectivity index (χ0v) is 17.2. The van der Waals surface area contributed by atoms with Crippen molar-refractivity contribution in [1.29, 1.82) is 5.26 Å². The minimum atomic E-state index is -0.108. The molecular weight excluding hydrogens is 380 g/mol. The normalized spacial score (nSPS) is 14.1. The fourth-order valence-corrected chi connectivity index (χ4v) is 3.54. The van der Waals surface area contributed by atoms with Gasteiger partial charge in [0.25, 0.3) is 11.8 Å². The average molecular weight is 407 g/mol. The molecule has 2 N–H and O–H groups in total. The van der Waals surface area contributed by atoms with Gasteiger partial charge in [-0.05, 0) is 30.2 Å². The molecule has 156 valence electrons. The molecule has 1 heterocycles. The van der Waals surface area contributed by atoms with Crippen molar-refractivity contribution in [2.45, 2.75) is 13.3 Å². The van der Waals surface area contributed by atoms with E-state index < -0.39 is 0 Å². The van der Waals surface area contributed by atoms with Crippen LogP contribution in [0.5, 0.6) is 5.75 Å². The first-order chi connectivity index (χ1) is 14.6. The van der Waals surface area contributed by atoms with Crippen LogP contribution < -0.4 is 15.0 Å². The van der Waals surface area contributed by atoms with Gasteiger partial charge in [0.2, 0.25) is 0 Å². The molecule has 0 saturated carbocycles. The van der Waals surface area contributed by atoms with Crippen molar-refractivity contribution in [2.24, 2.45) is 0 Å². The molecule has 2 amide bonds. The number of ether oxygens (including phenoxy) is 1. The Bertz CT molecular complexity index is 930. The summed E-state index contributed by atoms with van der Waals surface area (Å²) in [5.41, 5.74) is 2.40. The maximum Gasteiger partial charge on any atom is 0.279 e. The molecule has 0 aromatic heterocycles. The molecule has 0 aliphatic carbocycles. The number of piperazine rings is 1. The summed E-state index contributed by atoms with van der Waals surface area (Å²) in [5.74, 6) is 0.298. The van der Waals surface area contributed by atoms with Crippen molar-refractivity contribution in [3.8, 4) is 11.8 Å².